The van der Waals surface area contributed by atoms with Gasteiger partial charge in [0.1, 0.15) is 12.6 Å². The first-order valence-corrected chi connectivity index (χ1v) is 5.82. The zero-order valence-electron chi connectivity index (χ0n) is 10.5. The summed E-state index contributed by atoms with van der Waals surface area (Å²) in [5, 5.41) is 2.26. The minimum Gasteiger partial charge on any atom is -0.321 e. The highest BCUT2D eigenvalue weighted by Crippen LogP contribution is 2.12. The standard InChI is InChI=1S/C12H15N5O2/c1-8-11(19)15-10(18)7-17(8)12(16-13)14-9-5-3-2-4-6-9/h2-6,8H,7,13H2,1H3,(H,14,16)(H,15,18,19). The number of rotatable bonds is 1. The number of hydrazine groups is 1. The van der Waals surface area contributed by atoms with Gasteiger partial charge in [-0.15, -0.1) is 0 Å². The normalized spacial score (nSPS) is 20.2. The number of amides is 2. The Balaban J connectivity index is 2.28. The van der Waals surface area contributed by atoms with Gasteiger partial charge in [0.15, 0.2) is 0 Å². The topological polar surface area (TPSA) is 99.8 Å². The van der Waals surface area contributed by atoms with Crippen LogP contribution >= 0.6 is 0 Å². The predicted octanol–water partition coefficient (Wildman–Crippen LogP) is -0.516. The van der Waals surface area contributed by atoms with Gasteiger partial charge in [-0.25, -0.2) is 10.8 Å². The molecule has 7 nitrogen and oxygen atoms in total. The molecule has 19 heavy (non-hydrogen) atoms. The Morgan fingerprint density at radius 1 is 1.42 bits per heavy atom. The molecular weight excluding hydrogens is 246 g/mol. The Morgan fingerprint density at radius 3 is 2.74 bits per heavy atom. The molecule has 4 N–H and O–H groups in total. The fourth-order valence-corrected chi connectivity index (χ4v) is 1.78. The first-order valence-electron chi connectivity index (χ1n) is 5.82. The van der Waals surface area contributed by atoms with E-state index in [0.717, 1.165) is 0 Å². The van der Waals surface area contributed by atoms with E-state index in [1.807, 2.05) is 18.2 Å². The molecule has 0 spiro atoms. The zero-order chi connectivity index (χ0) is 13.8. The molecule has 1 saturated heterocycles. The summed E-state index contributed by atoms with van der Waals surface area (Å²) in [4.78, 5) is 28.8. The molecule has 2 amide bonds. The number of aliphatic imine (C=N–C) groups is 1. The van der Waals surface area contributed by atoms with Crippen LogP contribution in [0.25, 0.3) is 0 Å². The van der Waals surface area contributed by atoms with Crippen molar-refractivity contribution in [2.75, 3.05) is 6.54 Å². The molecule has 1 fully saturated rings. The smallest absolute Gasteiger partial charge is 0.249 e. The highest BCUT2D eigenvalue weighted by molar-refractivity contribution is 6.04. The average molecular weight is 261 g/mol. The number of nitrogens with one attached hydrogen (secondary N) is 2. The van der Waals surface area contributed by atoms with Crippen LogP contribution in [0.4, 0.5) is 5.69 Å². The Kier molecular flexibility index (Phi) is 3.76. The van der Waals surface area contributed by atoms with Crippen molar-refractivity contribution in [2.24, 2.45) is 10.8 Å². The molecule has 0 saturated carbocycles. The minimum atomic E-state index is -0.517. The van der Waals surface area contributed by atoms with E-state index in [1.54, 1.807) is 19.1 Å². The van der Waals surface area contributed by atoms with Gasteiger partial charge >= 0.3 is 0 Å². The molecule has 1 unspecified atom stereocenters. The molecule has 1 heterocycles. The van der Waals surface area contributed by atoms with Crippen LogP contribution in [0.1, 0.15) is 6.92 Å². The van der Waals surface area contributed by atoms with Crippen LogP contribution in [0.5, 0.6) is 0 Å². The van der Waals surface area contributed by atoms with E-state index in [9.17, 15) is 9.59 Å². The summed E-state index contributed by atoms with van der Waals surface area (Å²) in [6, 6.07) is 8.63. The molecule has 1 aromatic carbocycles. The van der Waals surface area contributed by atoms with Gasteiger partial charge in [0.2, 0.25) is 17.8 Å². The van der Waals surface area contributed by atoms with E-state index >= 15 is 0 Å². The van der Waals surface area contributed by atoms with Gasteiger partial charge in [-0.2, -0.15) is 0 Å². The number of guanidine groups is 1. The quantitative estimate of drug-likeness (QED) is 0.208. The van der Waals surface area contributed by atoms with Crippen molar-refractivity contribution in [3.8, 4) is 0 Å². The molecule has 1 aliphatic rings. The van der Waals surface area contributed by atoms with E-state index in [4.69, 9.17) is 5.84 Å². The second-order valence-corrected chi connectivity index (χ2v) is 4.13. The Morgan fingerprint density at radius 2 is 2.11 bits per heavy atom. The monoisotopic (exact) mass is 261 g/mol. The van der Waals surface area contributed by atoms with Crippen molar-refractivity contribution in [3.05, 3.63) is 30.3 Å². The SMILES string of the molecule is CC1C(=O)NC(=O)CN1C(=Nc1ccccc1)NN. The molecule has 2 rings (SSSR count). The van der Waals surface area contributed by atoms with E-state index in [0.29, 0.717) is 5.69 Å². The number of nitrogens with zero attached hydrogens (tertiary/aromatic N) is 2. The van der Waals surface area contributed by atoms with Gasteiger partial charge in [0.25, 0.3) is 0 Å². The van der Waals surface area contributed by atoms with Crippen molar-refractivity contribution >= 4 is 23.5 Å². The van der Waals surface area contributed by atoms with E-state index in [2.05, 4.69) is 15.7 Å². The summed E-state index contributed by atoms with van der Waals surface area (Å²) >= 11 is 0. The summed E-state index contributed by atoms with van der Waals surface area (Å²) in [5.41, 5.74) is 3.12. The van der Waals surface area contributed by atoms with Gasteiger partial charge < -0.3 is 4.90 Å². The lowest BCUT2D eigenvalue weighted by Gasteiger charge is -2.33. The molecule has 7 heteroatoms. The second kappa shape index (κ2) is 5.49. The van der Waals surface area contributed by atoms with Crippen LogP contribution in [0.15, 0.2) is 35.3 Å². The van der Waals surface area contributed by atoms with Crippen LogP contribution < -0.4 is 16.6 Å². The molecule has 1 atom stereocenters. The lowest BCUT2D eigenvalue weighted by atomic mass is 10.2. The Bertz CT molecular complexity index is 514. The first kappa shape index (κ1) is 13.0. The summed E-state index contributed by atoms with van der Waals surface area (Å²) in [6.45, 7) is 1.71. The van der Waals surface area contributed by atoms with Crippen LogP contribution in [0, 0.1) is 0 Å². The lowest BCUT2D eigenvalue weighted by molar-refractivity contribution is -0.137. The number of hydrogen-bond donors (Lipinski definition) is 3. The highest BCUT2D eigenvalue weighted by atomic mass is 16.2. The summed E-state index contributed by atoms with van der Waals surface area (Å²) in [5.74, 6) is 4.97. The van der Waals surface area contributed by atoms with Crippen molar-refractivity contribution in [1.82, 2.24) is 15.6 Å². The maximum atomic E-state index is 11.6. The third-order valence-corrected chi connectivity index (χ3v) is 2.82. The average Bonchev–Trinajstić information content (AvgIpc) is 2.41. The second-order valence-electron chi connectivity index (χ2n) is 4.13. The number of piperazine rings is 1. The number of nitrogens with two attached hydrogens (primary N) is 1. The van der Waals surface area contributed by atoms with Crippen molar-refractivity contribution in [3.63, 3.8) is 0 Å². The van der Waals surface area contributed by atoms with Gasteiger partial charge in [-0.3, -0.25) is 20.3 Å². The molecule has 0 bridgehead atoms. The third-order valence-electron chi connectivity index (χ3n) is 2.82. The predicted molar refractivity (Wildman–Crippen MR) is 70.2 cm³/mol. The van der Waals surface area contributed by atoms with Gasteiger partial charge in [-0.1, -0.05) is 18.2 Å². The Labute approximate surface area is 110 Å². The van der Waals surface area contributed by atoms with Crippen molar-refractivity contribution < 1.29 is 9.59 Å². The van der Waals surface area contributed by atoms with E-state index < -0.39 is 6.04 Å². The molecule has 0 radical (unpaired) electrons. The van der Waals surface area contributed by atoms with Crippen molar-refractivity contribution in [1.29, 1.82) is 0 Å². The maximum Gasteiger partial charge on any atom is 0.249 e. The fourth-order valence-electron chi connectivity index (χ4n) is 1.78. The molecule has 1 aromatic rings. The van der Waals surface area contributed by atoms with Gasteiger partial charge in [-0.05, 0) is 19.1 Å². The fraction of sp³-hybridized carbons (Fsp3) is 0.250. The summed E-state index contributed by atoms with van der Waals surface area (Å²) < 4.78 is 0. The summed E-state index contributed by atoms with van der Waals surface area (Å²) in [6.07, 6.45) is 0. The van der Waals surface area contributed by atoms with E-state index in [1.165, 1.54) is 4.90 Å². The van der Waals surface area contributed by atoms with Crippen LogP contribution in [0.2, 0.25) is 0 Å². The van der Waals surface area contributed by atoms with Crippen molar-refractivity contribution in [2.45, 2.75) is 13.0 Å². The third kappa shape index (κ3) is 2.89. The Hall–Kier alpha value is -2.41. The minimum absolute atomic E-state index is 0.0305. The van der Waals surface area contributed by atoms with Crippen LogP contribution in [-0.2, 0) is 9.59 Å². The largest absolute Gasteiger partial charge is 0.321 e. The molecule has 0 aliphatic carbocycles. The number of imide groups is 1. The number of benzene rings is 1. The molecular formula is C12H15N5O2. The van der Waals surface area contributed by atoms with Crippen LogP contribution in [0.3, 0.4) is 0 Å². The number of para-hydroxylation sites is 1. The highest BCUT2D eigenvalue weighted by Gasteiger charge is 2.32. The molecule has 0 aromatic heterocycles. The molecule has 1 aliphatic heterocycles. The molecule has 100 valence electrons. The zero-order valence-corrected chi connectivity index (χ0v) is 10.5. The number of hydrogen-bond acceptors (Lipinski definition) is 4. The van der Waals surface area contributed by atoms with Gasteiger partial charge in [0.05, 0.1) is 5.69 Å². The maximum absolute atomic E-state index is 11.6. The van der Waals surface area contributed by atoms with Gasteiger partial charge in [0, 0.05) is 0 Å². The lowest BCUT2D eigenvalue weighted by Crippen LogP contribution is -2.61. The van der Waals surface area contributed by atoms with Crippen LogP contribution in [-0.4, -0.2) is 35.3 Å². The van der Waals surface area contributed by atoms with E-state index in [-0.39, 0.29) is 24.3 Å². The number of carbonyl (C=O) groups is 2. The first-order chi connectivity index (χ1) is 9.11. The number of carbonyl (C=O) groups excluding carboxylic acids is 2. The summed E-state index contributed by atoms with van der Waals surface area (Å²) in [7, 11) is 0.